The minimum absolute atomic E-state index is 0.0382. The molecular weight excluding hydrogens is 360 g/mol. The zero-order valence-electron chi connectivity index (χ0n) is 12.6. The highest BCUT2D eigenvalue weighted by Crippen LogP contribution is 2.25. The zero-order chi connectivity index (χ0) is 18.6. The van der Waals surface area contributed by atoms with Gasteiger partial charge < -0.3 is 10.1 Å². The van der Waals surface area contributed by atoms with E-state index in [2.05, 4.69) is 5.32 Å². The van der Waals surface area contributed by atoms with E-state index in [9.17, 15) is 27.3 Å². The molecule has 25 heavy (non-hydrogen) atoms. The number of ether oxygens (including phenoxy) is 1. The van der Waals surface area contributed by atoms with Crippen molar-refractivity contribution in [2.24, 2.45) is 5.14 Å². The van der Waals surface area contributed by atoms with Crippen LogP contribution < -0.4 is 15.2 Å². The van der Waals surface area contributed by atoms with E-state index < -0.39 is 37.2 Å². The van der Waals surface area contributed by atoms with Crippen LogP contribution in [0.25, 0.3) is 0 Å². The third kappa shape index (κ3) is 4.84. The Morgan fingerprint density at radius 1 is 1.20 bits per heavy atom. The predicted octanol–water partition coefficient (Wildman–Crippen LogP) is 2.01. The summed E-state index contributed by atoms with van der Waals surface area (Å²) < 4.78 is 54.4. The molecule has 11 heteroatoms. The first kappa shape index (κ1) is 18.5. The highest BCUT2D eigenvalue weighted by molar-refractivity contribution is 7.89. The van der Waals surface area contributed by atoms with E-state index >= 15 is 0 Å². The molecule has 134 valence electrons. The number of nitro benzene ring substituents is 1. The number of primary sulfonamides is 1. The molecule has 2 aromatic rings. The van der Waals surface area contributed by atoms with Crippen molar-refractivity contribution in [2.75, 3.05) is 18.5 Å². The Bertz CT molecular complexity index is 905. The summed E-state index contributed by atoms with van der Waals surface area (Å²) in [5, 5.41) is 18.5. The molecule has 0 aliphatic heterocycles. The maximum atomic E-state index is 13.4. The molecule has 0 heterocycles. The van der Waals surface area contributed by atoms with Crippen molar-refractivity contribution in [3.63, 3.8) is 0 Å². The molecule has 0 aliphatic rings. The third-order valence-corrected chi connectivity index (χ3v) is 4.00. The second-order valence-electron chi connectivity index (χ2n) is 4.83. The van der Waals surface area contributed by atoms with Crippen LogP contribution in [0.1, 0.15) is 0 Å². The van der Waals surface area contributed by atoms with E-state index in [4.69, 9.17) is 9.88 Å². The first-order valence-corrected chi connectivity index (χ1v) is 8.36. The molecule has 0 amide bonds. The average Bonchev–Trinajstić information content (AvgIpc) is 2.52. The molecule has 0 radical (unpaired) electrons. The van der Waals surface area contributed by atoms with Gasteiger partial charge in [-0.1, -0.05) is 0 Å². The molecule has 0 saturated carbocycles. The van der Waals surface area contributed by atoms with Crippen LogP contribution in [0.4, 0.5) is 20.2 Å². The molecular formula is C14H13F2N3O5S. The van der Waals surface area contributed by atoms with Crippen LogP contribution in [-0.2, 0) is 10.0 Å². The summed E-state index contributed by atoms with van der Waals surface area (Å²) in [4.78, 5) is 9.53. The molecule has 0 saturated heterocycles. The monoisotopic (exact) mass is 373 g/mol. The quantitative estimate of drug-likeness (QED) is 0.435. The Balaban J connectivity index is 2.06. The van der Waals surface area contributed by atoms with Gasteiger partial charge in [-0.2, -0.15) is 0 Å². The van der Waals surface area contributed by atoms with Gasteiger partial charge in [0.15, 0.2) is 11.6 Å². The maximum absolute atomic E-state index is 13.4. The van der Waals surface area contributed by atoms with Crippen LogP contribution in [-0.4, -0.2) is 26.5 Å². The van der Waals surface area contributed by atoms with Crippen molar-refractivity contribution < 1.29 is 26.9 Å². The Hall–Kier alpha value is -2.79. The van der Waals surface area contributed by atoms with E-state index in [0.29, 0.717) is 6.07 Å². The fraction of sp³-hybridized carbons (Fsp3) is 0.143. The summed E-state index contributed by atoms with van der Waals surface area (Å²) >= 11 is 0. The molecule has 0 spiro atoms. The topological polar surface area (TPSA) is 125 Å². The maximum Gasteiger partial charge on any atom is 0.270 e. The second kappa shape index (κ2) is 7.40. The predicted molar refractivity (Wildman–Crippen MR) is 84.8 cm³/mol. The van der Waals surface area contributed by atoms with Crippen molar-refractivity contribution in [1.82, 2.24) is 0 Å². The SMILES string of the molecule is NS(=O)(=O)c1cc([N+](=O)[O-])ccc1NCCOc1ccc(F)cc1F. The van der Waals surface area contributed by atoms with Gasteiger partial charge in [0.1, 0.15) is 17.3 Å². The van der Waals surface area contributed by atoms with Gasteiger partial charge in [-0.3, -0.25) is 10.1 Å². The normalized spacial score (nSPS) is 11.2. The van der Waals surface area contributed by atoms with Crippen LogP contribution in [0.5, 0.6) is 5.75 Å². The van der Waals surface area contributed by atoms with Crippen LogP contribution in [0, 0.1) is 21.7 Å². The number of non-ortho nitro benzene ring substituents is 1. The van der Waals surface area contributed by atoms with Gasteiger partial charge in [0, 0.05) is 24.7 Å². The smallest absolute Gasteiger partial charge is 0.270 e. The van der Waals surface area contributed by atoms with Crippen LogP contribution in [0.3, 0.4) is 0 Å². The Kier molecular flexibility index (Phi) is 5.49. The van der Waals surface area contributed by atoms with E-state index in [0.717, 1.165) is 24.3 Å². The number of benzene rings is 2. The molecule has 2 aromatic carbocycles. The molecule has 0 aromatic heterocycles. The number of hydrogen-bond donors (Lipinski definition) is 2. The molecule has 0 bridgehead atoms. The molecule has 3 N–H and O–H groups in total. The van der Waals surface area contributed by atoms with Gasteiger partial charge in [0.05, 0.1) is 10.6 Å². The third-order valence-electron chi connectivity index (χ3n) is 3.05. The molecule has 8 nitrogen and oxygen atoms in total. The summed E-state index contributed by atoms with van der Waals surface area (Å²) in [6, 6.07) is 5.94. The second-order valence-corrected chi connectivity index (χ2v) is 6.36. The first-order chi connectivity index (χ1) is 11.7. The minimum atomic E-state index is -4.20. The van der Waals surface area contributed by atoms with E-state index in [-0.39, 0.29) is 24.6 Å². The first-order valence-electron chi connectivity index (χ1n) is 6.81. The number of nitrogens with zero attached hydrogens (tertiary/aromatic N) is 1. The highest BCUT2D eigenvalue weighted by atomic mass is 32.2. The van der Waals surface area contributed by atoms with Gasteiger partial charge in [-0.15, -0.1) is 0 Å². The fourth-order valence-electron chi connectivity index (χ4n) is 1.94. The van der Waals surface area contributed by atoms with E-state index in [1.54, 1.807) is 0 Å². The van der Waals surface area contributed by atoms with Gasteiger partial charge in [-0.05, 0) is 18.2 Å². The number of halogens is 2. The Labute approximate surface area is 141 Å². The lowest BCUT2D eigenvalue weighted by Gasteiger charge is -2.12. The molecule has 0 unspecified atom stereocenters. The largest absolute Gasteiger partial charge is 0.489 e. The molecule has 0 atom stereocenters. The summed E-state index contributed by atoms with van der Waals surface area (Å²) in [7, 11) is -4.20. The zero-order valence-corrected chi connectivity index (χ0v) is 13.4. The Morgan fingerprint density at radius 2 is 1.92 bits per heavy atom. The molecule has 0 fully saturated rings. The average molecular weight is 373 g/mol. The van der Waals surface area contributed by atoms with Crippen molar-refractivity contribution in [1.29, 1.82) is 0 Å². The lowest BCUT2D eigenvalue weighted by Crippen LogP contribution is -2.18. The molecule has 2 rings (SSSR count). The van der Waals surface area contributed by atoms with E-state index in [1.807, 2.05) is 0 Å². The lowest BCUT2D eigenvalue weighted by molar-refractivity contribution is -0.385. The van der Waals surface area contributed by atoms with Crippen molar-refractivity contribution in [3.8, 4) is 5.75 Å². The summed E-state index contributed by atoms with van der Waals surface area (Å²) in [6.45, 7) is -0.0409. The number of anilines is 1. The number of nitrogens with two attached hydrogens (primary N) is 1. The van der Waals surface area contributed by atoms with Gasteiger partial charge in [0.25, 0.3) is 5.69 Å². The Morgan fingerprint density at radius 3 is 2.52 bits per heavy atom. The highest BCUT2D eigenvalue weighted by Gasteiger charge is 2.18. The van der Waals surface area contributed by atoms with Gasteiger partial charge in [0.2, 0.25) is 10.0 Å². The van der Waals surface area contributed by atoms with E-state index in [1.165, 1.54) is 6.07 Å². The number of rotatable bonds is 7. The standard InChI is InChI=1S/C14H13F2N3O5S/c15-9-1-4-13(11(16)7-9)24-6-5-18-12-3-2-10(19(20)21)8-14(12)25(17,22)23/h1-4,7-8,18H,5-6H2,(H2,17,22,23). The number of nitrogens with one attached hydrogen (secondary N) is 1. The summed E-state index contributed by atoms with van der Waals surface area (Å²) in [5.41, 5.74) is -0.393. The van der Waals surface area contributed by atoms with Crippen LogP contribution >= 0.6 is 0 Å². The van der Waals surface area contributed by atoms with Crippen LogP contribution in [0.15, 0.2) is 41.3 Å². The summed E-state index contributed by atoms with van der Waals surface area (Å²) in [6.07, 6.45) is 0. The number of hydrogen-bond acceptors (Lipinski definition) is 6. The molecule has 0 aliphatic carbocycles. The van der Waals surface area contributed by atoms with Crippen molar-refractivity contribution >= 4 is 21.4 Å². The summed E-state index contributed by atoms with van der Waals surface area (Å²) in [5.74, 6) is -1.79. The number of sulfonamides is 1. The van der Waals surface area contributed by atoms with Crippen LogP contribution in [0.2, 0.25) is 0 Å². The van der Waals surface area contributed by atoms with Crippen molar-refractivity contribution in [2.45, 2.75) is 4.90 Å². The van der Waals surface area contributed by atoms with Crippen molar-refractivity contribution in [3.05, 3.63) is 58.1 Å². The fourth-order valence-corrected chi connectivity index (χ4v) is 2.68. The van der Waals surface area contributed by atoms with Gasteiger partial charge >= 0.3 is 0 Å². The van der Waals surface area contributed by atoms with Gasteiger partial charge in [-0.25, -0.2) is 22.3 Å². The minimum Gasteiger partial charge on any atom is -0.489 e. The lowest BCUT2D eigenvalue weighted by atomic mass is 10.3. The number of nitro groups is 1.